The molecule has 4 aromatic rings. The molecule has 0 atom stereocenters. The molecule has 0 aliphatic heterocycles. The van der Waals surface area contributed by atoms with Crippen LogP contribution in [0.3, 0.4) is 0 Å². The smallest absolute Gasteiger partial charge is 0.389 e. The standard InChI is InChI=1S/C43H38F6O10/c1-41(40(54)55,36(50)22-8-28-4-14-34(15-5-28)58-38(52)30-10-18-32(19-11-30)56-26-2-24-42(44,45)46)37(51)23-9-29-6-16-35(17-7-29)59-39(53)31-12-20-33(21-13-31)57-27-3-25-43(47,48)49/h4-23,40,54-55H,2-3,24-27H2,1H3/b22-8+,23-9+. The predicted octanol–water partition coefficient (Wildman–Crippen LogP) is 8.75. The third kappa shape index (κ3) is 14.6. The third-order valence-electron chi connectivity index (χ3n) is 8.50. The summed E-state index contributed by atoms with van der Waals surface area (Å²) in [6.45, 7) is 0.778. The molecule has 10 nitrogen and oxygen atoms in total. The lowest BCUT2D eigenvalue weighted by Gasteiger charge is -2.25. The van der Waals surface area contributed by atoms with Gasteiger partial charge in [0.25, 0.3) is 0 Å². The summed E-state index contributed by atoms with van der Waals surface area (Å²) >= 11 is 0. The molecule has 0 aliphatic rings. The molecule has 0 amide bonds. The van der Waals surface area contributed by atoms with Crippen molar-refractivity contribution in [3.05, 3.63) is 131 Å². The molecule has 16 heteroatoms. The first-order valence-corrected chi connectivity index (χ1v) is 17.9. The van der Waals surface area contributed by atoms with Crippen LogP contribution in [0.4, 0.5) is 26.3 Å². The molecular formula is C43H38F6O10. The third-order valence-corrected chi connectivity index (χ3v) is 8.50. The largest absolute Gasteiger partial charge is 0.494 e. The number of allylic oxidation sites excluding steroid dienone is 2. The van der Waals surface area contributed by atoms with Crippen LogP contribution >= 0.6 is 0 Å². The summed E-state index contributed by atoms with van der Waals surface area (Å²) in [4.78, 5) is 51.4. The lowest BCUT2D eigenvalue weighted by atomic mass is 9.79. The second kappa shape index (κ2) is 20.4. The van der Waals surface area contributed by atoms with Gasteiger partial charge in [0.2, 0.25) is 0 Å². The Morgan fingerprint density at radius 2 is 0.864 bits per heavy atom. The fraction of sp³-hybridized carbons (Fsp3) is 0.256. The number of hydrogen-bond donors (Lipinski definition) is 2. The monoisotopic (exact) mass is 828 g/mol. The Morgan fingerprint density at radius 3 is 1.17 bits per heavy atom. The van der Waals surface area contributed by atoms with Gasteiger partial charge in [-0.15, -0.1) is 0 Å². The maximum atomic E-state index is 13.1. The van der Waals surface area contributed by atoms with Gasteiger partial charge < -0.3 is 29.2 Å². The molecule has 312 valence electrons. The molecule has 0 heterocycles. The minimum absolute atomic E-state index is 0.146. The molecule has 0 unspecified atom stereocenters. The van der Waals surface area contributed by atoms with Crippen molar-refractivity contribution >= 4 is 35.7 Å². The van der Waals surface area contributed by atoms with Crippen LogP contribution in [0, 0.1) is 5.41 Å². The van der Waals surface area contributed by atoms with E-state index in [-0.39, 0.29) is 60.2 Å². The van der Waals surface area contributed by atoms with Crippen molar-refractivity contribution in [2.75, 3.05) is 13.2 Å². The van der Waals surface area contributed by atoms with Crippen LogP contribution in [0.2, 0.25) is 0 Å². The quantitative estimate of drug-likeness (QED) is 0.0179. The number of rotatable bonds is 19. The van der Waals surface area contributed by atoms with E-state index in [2.05, 4.69) is 0 Å². The fourth-order valence-electron chi connectivity index (χ4n) is 4.99. The van der Waals surface area contributed by atoms with Crippen LogP contribution < -0.4 is 18.9 Å². The van der Waals surface area contributed by atoms with Crippen LogP contribution in [0.1, 0.15) is 64.4 Å². The Labute approximate surface area is 334 Å². The zero-order valence-corrected chi connectivity index (χ0v) is 31.3. The summed E-state index contributed by atoms with van der Waals surface area (Å²) < 4.78 is 94.9. The van der Waals surface area contributed by atoms with Crippen LogP contribution in [0.15, 0.2) is 109 Å². The molecule has 0 saturated carbocycles. The topological polar surface area (TPSA) is 146 Å². The molecule has 4 aromatic carbocycles. The summed E-state index contributed by atoms with van der Waals surface area (Å²) in [5.74, 6) is -2.42. The van der Waals surface area contributed by atoms with Crippen LogP contribution in [0.25, 0.3) is 12.2 Å². The van der Waals surface area contributed by atoms with Gasteiger partial charge in [0.15, 0.2) is 17.9 Å². The van der Waals surface area contributed by atoms with E-state index in [0.717, 1.165) is 19.1 Å². The first-order valence-electron chi connectivity index (χ1n) is 17.9. The SMILES string of the molecule is CC(C(=O)/C=C/c1ccc(OC(=O)c2ccc(OCCCC(F)(F)F)cc2)cc1)(C(=O)/C=C/c1ccc(OC(=O)c2ccc(OCCCC(F)(F)F)cc2)cc1)C(O)O. The number of ketones is 2. The molecule has 2 N–H and O–H groups in total. The van der Waals surface area contributed by atoms with E-state index in [1.165, 1.54) is 109 Å². The number of halogens is 6. The first-order chi connectivity index (χ1) is 27.8. The van der Waals surface area contributed by atoms with Gasteiger partial charge in [0.05, 0.1) is 24.3 Å². The zero-order valence-electron chi connectivity index (χ0n) is 31.3. The summed E-state index contributed by atoms with van der Waals surface area (Å²) in [6.07, 6.45) is -8.63. The maximum absolute atomic E-state index is 13.1. The van der Waals surface area contributed by atoms with Crippen molar-refractivity contribution in [1.82, 2.24) is 0 Å². The minimum atomic E-state index is -4.27. The van der Waals surface area contributed by atoms with Gasteiger partial charge in [0.1, 0.15) is 28.4 Å². The molecule has 0 radical (unpaired) electrons. The lowest BCUT2D eigenvalue weighted by molar-refractivity contribution is -0.163. The molecule has 0 aromatic heterocycles. The fourth-order valence-corrected chi connectivity index (χ4v) is 4.99. The minimum Gasteiger partial charge on any atom is -0.494 e. The van der Waals surface area contributed by atoms with Gasteiger partial charge in [0, 0.05) is 12.8 Å². The van der Waals surface area contributed by atoms with Gasteiger partial charge in [-0.05, 0) is 116 Å². The highest BCUT2D eigenvalue weighted by molar-refractivity contribution is 6.17. The van der Waals surface area contributed by atoms with Crippen LogP contribution in [-0.2, 0) is 9.59 Å². The van der Waals surface area contributed by atoms with E-state index in [1.54, 1.807) is 0 Å². The normalized spacial score (nSPS) is 12.2. The number of ether oxygens (including phenoxy) is 4. The molecule has 0 spiro atoms. The van der Waals surface area contributed by atoms with Crippen LogP contribution in [0.5, 0.6) is 23.0 Å². The van der Waals surface area contributed by atoms with E-state index < -0.39 is 60.4 Å². The van der Waals surface area contributed by atoms with E-state index in [0.29, 0.717) is 11.1 Å². The molecule has 0 saturated heterocycles. The van der Waals surface area contributed by atoms with E-state index in [9.17, 15) is 55.7 Å². The molecule has 4 rings (SSSR count). The van der Waals surface area contributed by atoms with Crippen LogP contribution in [-0.4, -0.2) is 65.6 Å². The number of aliphatic hydroxyl groups is 2. The van der Waals surface area contributed by atoms with Crippen molar-refractivity contribution in [1.29, 1.82) is 0 Å². The number of alkyl halides is 6. The van der Waals surface area contributed by atoms with E-state index in [4.69, 9.17) is 18.9 Å². The Bertz CT molecular complexity index is 1940. The maximum Gasteiger partial charge on any atom is 0.389 e. The van der Waals surface area contributed by atoms with Gasteiger partial charge >= 0.3 is 24.3 Å². The zero-order chi connectivity index (χ0) is 43.2. The van der Waals surface area contributed by atoms with Gasteiger partial charge in [-0.25, -0.2) is 9.59 Å². The number of esters is 2. The number of aliphatic hydroxyl groups excluding tert-OH is 1. The summed E-state index contributed by atoms with van der Waals surface area (Å²) in [6, 6.07) is 23.0. The Morgan fingerprint density at radius 1 is 0.542 bits per heavy atom. The highest BCUT2D eigenvalue weighted by Gasteiger charge is 2.44. The highest BCUT2D eigenvalue weighted by Crippen LogP contribution is 2.27. The van der Waals surface area contributed by atoms with Crippen molar-refractivity contribution < 1.29 is 74.7 Å². The van der Waals surface area contributed by atoms with E-state index >= 15 is 0 Å². The second-order valence-corrected chi connectivity index (χ2v) is 13.1. The average Bonchev–Trinajstić information content (AvgIpc) is 3.19. The number of carbonyl (C=O) groups excluding carboxylic acids is 4. The van der Waals surface area contributed by atoms with E-state index in [1.807, 2.05) is 0 Å². The predicted molar refractivity (Wildman–Crippen MR) is 202 cm³/mol. The number of hydrogen-bond acceptors (Lipinski definition) is 10. The van der Waals surface area contributed by atoms with Crippen molar-refractivity contribution in [2.24, 2.45) is 5.41 Å². The van der Waals surface area contributed by atoms with Crippen molar-refractivity contribution in [3.8, 4) is 23.0 Å². The average molecular weight is 829 g/mol. The Hall–Kier alpha value is -6.26. The summed E-state index contributed by atoms with van der Waals surface area (Å²) in [5.41, 5.74) is -1.10. The molecule has 0 bridgehead atoms. The Balaban J connectivity index is 1.27. The van der Waals surface area contributed by atoms with Gasteiger partial charge in [-0.3, -0.25) is 9.59 Å². The van der Waals surface area contributed by atoms with Gasteiger partial charge in [-0.2, -0.15) is 26.3 Å². The van der Waals surface area contributed by atoms with Crippen molar-refractivity contribution in [2.45, 2.75) is 51.2 Å². The first kappa shape index (κ1) is 45.4. The number of benzene rings is 4. The summed E-state index contributed by atoms with van der Waals surface area (Å²) in [5, 5.41) is 20.2. The molecule has 0 aliphatic carbocycles. The number of carbonyl (C=O) groups is 4. The highest BCUT2D eigenvalue weighted by atomic mass is 19.4. The molecule has 0 fully saturated rings. The summed E-state index contributed by atoms with van der Waals surface area (Å²) in [7, 11) is 0. The molecule has 59 heavy (non-hydrogen) atoms. The second-order valence-electron chi connectivity index (χ2n) is 13.1. The Kier molecular flexibility index (Phi) is 15.7. The van der Waals surface area contributed by atoms with Crippen molar-refractivity contribution in [3.63, 3.8) is 0 Å². The lowest BCUT2D eigenvalue weighted by Crippen LogP contribution is -2.45. The van der Waals surface area contributed by atoms with Gasteiger partial charge in [-0.1, -0.05) is 36.4 Å². The molecular weight excluding hydrogens is 790 g/mol.